The minimum atomic E-state index is -3.65. The van der Waals surface area contributed by atoms with Crippen LogP contribution in [0.15, 0.2) is 46.7 Å². The molecule has 4 rings (SSSR count). The highest BCUT2D eigenvalue weighted by Gasteiger charge is 2.29. The van der Waals surface area contributed by atoms with Crippen LogP contribution in [0.2, 0.25) is 0 Å². The van der Waals surface area contributed by atoms with Gasteiger partial charge in [-0.15, -0.1) is 11.3 Å². The fraction of sp³-hybridized carbons (Fsp3) is 0.348. The lowest BCUT2D eigenvalue weighted by Crippen LogP contribution is -2.48. The Bertz CT molecular complexity index is 1210. The molecule has 0 radical (unpaired) electrons. The highest BCUT2D eigenvalue weighted by Crippen LogP contribution is 2.39. The highest BCUT2D eigenvalue weighted by atomic mass is 32.2. The van der Waals surface area contributed by atoms with Crippen molar-refractivity contribution in [2.75, 3.05) is 52.4 Å². The molecule has 0 bridgehead atoms. The van der Waals surface area contributed by atoms with Crippen molar-refractivity contribution in [1.82, 2.24) is 9.29 Å². The molecule has 1 fully saturated rings. The van der Waals surface area contributed by atoms with Crippen molar-refractivity contribution in [2.24, 2.45) is 0 Å². The molecule has 1 saturated heterocycles. The fourth-order valence-corrected chi connectivity index (χ4v) is 6.15. The van der Waals surface area contributed by atoms with Crippen LogP contribution in [-0.4, -0.2) is 65.2 Å². The van der Waals surface area contributed by atoms with Gasteiger partial charge in [0.2, 0.25) is 15.8 Å². The third kappa shape index (κ3) is 4.96. The second kappa shape index (κ2) is 10.2. The van der Waals surface area contributed by atoms with Gasteiger partial charge in [0.25, 0.3) is 0 Å². The molecule has 3 aromatic rings. The van der Waals surface area contributed by atoms with Crippen LogP contribution in [0, 0.1) is 5.82 Å². The second-order valence-corrected chi connectivity index (χ2v) is 10.5. The molecule has 182 valence electrons. The molecule has 11 heteroatoms. The number of benzene rings is 2. The Hall–Kier alpha value is -2.89. The van der Waals surface area contributed by atoms with Crippen LogP contribution < -0.4 is 19.1 Å². The number of nitrogens with zero attached hydrogens (tertiary/aromatic N) is 3. The summed E-state index contributed by atoms with van der Waals surface area (Å²) in [6.07, 6.45) is 0.589. The predicted octanol–water partition coefficient (Wildman–Crippen LogP) is 3.41. The Labute approximate surface area is 202 Å². The van der Waals surface area contributed by atoms with Gasteiger partial charge in [0, 0.05) is 38.0 Å². The molecule has 8 nitrogen and oxygen atoms in total. The zero-order valence-corrected chi connectivity index (χ0v) is 20.8. The smallest absolute Gasteiger partial charge is 0.243 e. The minimum Gasteiger partial charge on any atom is -0.493 e. The van der Waals surface area contributed by atoms with Crippen LogP contribution >= 0.6 is 11.3 Å². The maximum atomic E-state index is 13.2. The Balaban J connectivity index is 1.42. The first-order chi connectivity index (χ1) is 16.3. The topological polar surface area (TPSA) is 81.2 Å². The largest absolute Gasteiger partial charge is 0.493 e. The number of hydrogen-bond acceptors (Lipinski definition) is 8. The number of anilines is 1. The molecule has 0 N–H and O–H groups in total. The van der Waals surface area contributed by atoms with E-state index in [1.807, 2.05) is 17.5 Å². The van der Waals surface area contributed by atoms with E-state index in [0.29, 0.717) is 49.8 Å². The molecule has 0 saturated carbocycles. The Morgan fingerprint density at radius 1 is 0.971 bits per heavy atom. The molecular weight excluding hydrogens is 481 g/mol. The maximum absolute atomic E-state index is 13.2. The molecule has 0 spiro atoms. The zero-order chi connectivity index (χ0) is 24.3. The summed E-state index contributed by atoms with van der Waals surface area (Å²) in [6.45, 7) is 1.72. The molecule has 0 atom stereocenters. The SMILES string of the molecule is COc1cc(Cc2csc(N3CCN(S(=O)(=O)c4ccc(F)cc4)CC3)n2)cc(OC)c1OC. The van der Waals surface area contributed by atoms with E-state index >= 15 is 0 Å². The summed E-state index contributed by atoms with van der Waals surface area (Å²) in [5.41, 5.74) is 1.87. The summed E-state index contributed by atoms with van der Waals surface area (Å²) < 4.78 is 56.5. The van der Waals surface area contributed by atoms with Crippen molar-refractivity contribution in [3.05, 3.63) is 58.9 Å². The van der Waals surface area contributed by atoms with Crippen molar-refractivity contribution in [1.29, 1.82) is 0 Å². The molecule has 1 aliphatic rings. The van der Waals surface area contributed by atoms with Gasteiger partial charge in [-0.2, -0.15) is 4.31 Å². The van der Waals surface area contributed by atoms with Gasteiger partial charge in [0.15, 0.2) is 16.6 Å². The van der Waals surface area contributed by atoms with Gasteiger partial charge in [-0.05, 0) is 42.0 Å². The second-order valence-electron chi connectivity index (χ2n) is 7.68. The maximum Gasteiger partial charge on any atom is 0.243 e. The van der Waals surface area contributed by atoms with Gasteiger partial charge in [-0.25, -0.2) is 17.8 Å². The van der Waals surface area contributed by atoms with Crippen molar-refractivity contribution in [3.8, 4) is 17.2 Å². The molecule has 2 heterocycles. The molecule has 0 unspecified atom stereocenters. The summed E-state index contributed by atoms with van der Waals surface area (Å²) in [7, 11) is 1.08. The summed E-state index contributed by atoms with van der Waals surface area (Å²) in [4.78, 5) is 6.94. The summed E-state index contributed by atoms with van der Waals surface area (Å²) >= 11 is 1.53. The van der Waals surface area contributed by atoms with Crippen LogP contribution in [0.3, 0.4) is 0 Å². The number of hydrogen-bond donors (Lipinski definition) is 0. The number of thiazole rings is 1. The number of rotatable bonds is 8. The Morgan fingerprint density at radius 2 is 1.59 bits per heavy atom. The monoisotopic (exact) mass is 507 g/mol. The molecule has 0 aliphatic carbocycles. The van der Waals surface area contributed by atoms with Crippen LogP contribution in [0.4, 0.5) is 9.52 Å². The zero-order valence-electron chi connectivity index (χ0n) is 19.2. The van der Waals surface area contributed by atoms with E-state index in [2.05, 4.69) is 4.90 Å². The van der Waals surface area contributed by atoms with Crippen LogP contribution in [0.5, 0.6) is 17.2 Å². The first kappa shape index (κ1) is 24.2. The fourth-order valence-electron chi connectivity index (χ4n) is 3.84. The molecular formula is C23H26FN3O5S2. The highest BCUT2D eigenvalue weighted by molar-refractivity contribution is 7.89. The van der Waals surface area contributed by atoms with E-state index in [0.717, 1.165) is 28.5 Å². The number of sulfonamides is 1. The van der Waals surface area contributed by atoms with E-state index in [9.17, 15) is 12.8 Å². The predicted molar refractivity (Wildman–Crippen MR) is 128 cm³/mol. The molecule has 1 aliphatic heterocycles. The van der Waals surface area contributed by atoms with Gasteiger partial charge in [-0.3, -0.25) is 0 Å². The number of halogens is 1. The lowest BCUT2D eigenvalue weighted by molar-refractivity contribution is 0.324. The van der Waals surface area contributed by atoms with E-state index in [-0.39, 0.29) is 4.90 Å². The molecule has 0 amide bonds. The quantitative estimate of drug-likeness (QED) is 0.462. The van der Waals surface area contributed by atoms with Crippen LogP contribution in [0.1, 0.15) is 11.3 Å². The van der Waals surface area contributed by atoms with Gasteiger partial charge in [0.05, 0.1) is 31.9 Å². The normalized spacial score (nSPS) is 14.8. The van der Waals surface area contributed by atoms with Gasteiger partial charge in [0.1, 0.15) is 5.82 Å². The average molecular weight is 508 g/mol. The summed E-state index contributed by atoms with van der Waals surface area (Å²) in [5, 5.41) is 2.85. The van der Waals surface area contributed by atoms with Crippen molar-refractivity contribution in [2.45, 2.75) is 11.3 Å². The minimum absolute atomic E-state index is 0.101. The third-order valence-electron chi connectivity index (χ3n) is 5.61. The third-order valence-corrected chi connectivity index (χ3v) is 8.47. The molecule has 1 aromatic heterocycles. The first-order valence-corrected chi connectivity index (χ1v) is 12.9. The van der Waals surface area contributed by atoms with Crippen molar-refractivity contribution < 1.29 is 27.0 Å². The molecule has 34 heavy (non-hydrogen) atoms. The van der Waals surface area contributed by atoms with E-state index in [1.165, 1.54) is 27.8 Å². The lowest BCUT2D eigenvalue weighted by atomic mass is 10.1. The van der Waals surface area contributed by atoms with Crippen LogP contribution in [-0.2, 0) is 16.4 Å². The van der Waals surface area contributed by atoms with Gasteiger partial charge in [-0.1, -0.05) is 0 Å². The summed E-state index contributed by atoms with van der Waals surface area (Å²) in [5.74, 6) is 1.26. The average Bonchev–Trinajstić information content (AvgIpc) is 3.32. The van der Waals surface area contributed by atoms with E-state index in [1.54, 1.807) is 21.3 Å². The summed E-state index contributed by atoms with van der Waals surface area (Å²) in [6, 6.07) is 8.72. The van der Waals surface area contributed by atoms with Crippen molar-refractivity contribution >= 4 is 26.5 Å². The first-order valence-electron chi connectivity index (χ1n) is 10.6. The molecule has 2 aromatic carbocycles. The van der Waals surface area contributed by atoms with Crippen molar-refractivity contribution in [3.63, 3.8) is 0 Å². The van der Waals surface area contributed by atoms with Gasteiger partial charge >= 0.3 is 0 Å². The number of aromatic nitrogens is 1. The Kier molecular flexibility index (Phi) is 7.24. The number of ether oxygens (including phenoxy) is 3. The number of piperazine rings is 1. The Morgan fingerprint density at radius 3 is 2.15 bits per heavy atom. The number of methoxy groups -OCH3 is 3. The lowest BCUT2D eigenvalue weighted by Gasteiger charge is -2.33. The van der Waals surface area contributed by atoms with Crippen LogP contribution in [0.25, 0.3) is 0 Å². The van der Waals surface area contributed by atoms with E-state index in [4.69, 9.17) is 19.2 Å². The van der Waals surface area contributed by atoms with E-state index < -0.39 is 15.8 Å². The standard InChI is InChI=1S/C23H26FN3O5S2/c1-30-20-13-16(14-21(31-2)22(20)32-3)12-18-15-33-23(25-18)26-8-10-27(11-9-26)34(28,29)19-6-4-17(24)5-7-19/h4-7,13-15H,8-12H2,1-3H3. The van der Waals surface area contributed by atoms with Gasteiger partial charge < -0.3 is 19.1 Å².